The zero-order chi connectivity index (χ0) is 25.5. The Morgan fingerprint density at radius 2 is 1.79 bits per heavy atom. The molecule has 2 atom stereocenters. The van der Waals surface area contributed by atoms with E-state index in [9.17, 15) is 28.2 Å². The molecule has 182 valence electrons. The van der Waals surface area contributed by atoms with Crippen LogP contribution in [0.25, 0.3) is 0 Å². The maximum atomic E-state index is 14.2. The summed E-state index contributed by atoms with van der Waals surface area (Å²) in [6.45, 7) is 9.62. The van der Waals surface area contributed by atoms with Crippen LogP contribution in [0, 0.1) is 18.6 Å². The van der Waals surface area contributed by atoms with E-state index in [1.165, 1.54) is 26.8 Å². The summed E-state index contributed by atoms with van der Waals surface area (Å²) < 4.78 is 41.3. The molecule has 0 spiro atoms. The molecule has 2 unspecified atom stereocenters. The lowest BCUT2D eigenvalue weighted by molar-refractivity contribution is -0.118. The SMILES string of the molecule is C=C(Nc1cc(C(C)(C)F)cc(C)n1)C(O)C(O)Cc1cc(Cl)c(F)cc1F.CNC(C)=O. The van der Waals surface area contributed by atoms with Gasteiger partial charge in [-0.3, -0.25) is 4.79 Å². The van der Waals surface area contributed by atoms with Crippen LogP contribution < -0.4 is 10.6 Å². The van der Waals surface area contributed by atoms with Crippen molar-refractivity contribution in [3.63, 3.8) is 0 Å². The highest BCUT2D eigenvalue weighted by Gasteiger charge is 2.24. The number of halogens is 4. The molecular formula is C23H29ClF3N3O3. The van der Waals surface area contributed by atoms with Crippen molar-refractivity contribution in [2.24, 2.45) is 0 Å². The van der Waals surface area contributed by atoms with Gasteiger partial charge in [0.1, 0.15) is 29.2 Å². The lowest BCUT2D eigenvalue weighted by Gasteiger charge is -2.22. The first kappa shape index (κ1) is 28.4. The van der Waals surface area contributed by atoms with E-state index in [4.69, 9.17) is 11.6 Å². The van der Waals surface area contributed by atoms with Gasteiger partial charge < -0.3 is 20.8 Å². The van der Waals surface area contributed by atoms with Crippen molar-refractivity contribution >= 4 is 23.3 Å². The predicted octanol–water partition coefficient (Wildman–Crippen LogP) is 4.17. The molecule has 0 aliphatic rings. The fourth-order valence-corrected chi connectivity index (χ4v) is 2.79. The van der Waals surface area contributed by atoms with Gasteiger partial charge >= 0.3 is 0 Å². The molecule has 0 radical (unpaired) electrons. The molecule has 10 heteroatoms. The van der Waals surface area contributed by atoms with Crippen molar-refractivity contribution in [3.8, 4) is 0 Å². The molecule has 4 N–H and O–H groups in total. The van der Waals surface area contributed by atoms with Crippen LogP contribution in [0.1, 0.15) is 37.6 Å². The van der Waals surface area contributed by atoms with Crippen molar-refractivity contribution in [3.05, 3.63) is 70.0 Å². The predicted molar refractivity (Wildman–Crippen MR) is 123 cm³/mol. The van der Waals surface area contributed by atoms with Gasteiger partial charge in [0.2, 0.25) is 5.91 Å². The summed E-state index contributed by atoms with van der Waals surface area (Å²) in [7, 11) is 1.60. The van der Waals surface area contributed by atoms with E-state index in [1.807, 2.05) is 0 Å². The number of aryl methyl sites for hydroxylation is 1. The second-order valence-corrected chi connectivity index (χ2v) is 8.29. The largest absolute Gasteiger partial charge is 0.390 e. The minimum Gasteiger partial charge on any atom is -0.390 e. The first-order chi connectivity index (χ1) is 15.1. The van der Waals surface area contributed by atoms with Gasteiger partial charge in [0, 0.05) is 37.8 Å². The lowest BCUT2D eigenvalue weighted by atomic mass is 10.00. The molecule has 0 saturated carbocycles. The summed E-state index contributed by atoms with van der Waals surface area (Å²) in [5.41, 5.74) is -0.726. The number of nitrogens with zero attached hydrogens (tertiary/aromatic N) is 1. The van der Waals surface area contributed by atoms with Crippen molar-refractivity contribution in [2.75, 3.05) is 12.4 Å². The van der Waals surface area contributed by atoms with E-state index in [0.29, 0.717) is 17.3 Å². The molecule has 1 amide bonds. The van der Waals surface area contributed by atoms with Gasteiger partial charge in [0.05, 0.1) is 11.1 Å². The van der Waals surface area contributed by atoms with E-state index in [2.05, 4.69) is 22.2 Å². The van der Waals surface area contributed by atoms with E-state index >= 15 is 0 Å². The lowest BCUT2D eigenvalue weighted by Crippen LogP contribution is -2.32. The minimum absolute atomic E-state index is 0.00463. The Labute approximate surface area is 196 Å². The molecule has 1 heterocycles. The van der Waals surface area contributed by atoms with Crippen LogP contribution in [0.3, 0.4) is 0 Å². The zero-order valence-electron chi connectivity index (χ0n) is 19.1. The third-order valence-electron chi connectivity index (χ3n) is 4.52. The molecule has 0 aliphatic heterocycles. The van der Waals surface area contributed by atoms with Crippen LogP contribution in [-0.2, 0) is 16.9 Å². The summed E-state index contributed by atoms with van der Waals surface area (Å²) in [5, 5.41) is 25.3. The highest BCUT2D eigenvalue weighted by atomic mass is 35.5. The highest BCUT2D eigenvalue weighted by molar-refractivity contribution is 6.30. The van der Waals surface area contributed by atoms with E-state index < -0.39 is 29.5 Å². The molecule has 6 nitrogen and oxygen atoms in total. The first-order valence-corrected chi connectivity index (χ1v) is 10.3. The third kappa shape index (κ3) is 9.03. The van der Waals surface area contributed by atoms with Gasteiger partial charge in [-0.1, -0.05) is 18.2 Å². The summed E-state index contributed by atoms with van der Waals surface area (Å²) in [6, 6.07) is 4.73. The van der Waals surface area contributed by atoms with Gasteiger partial charge in [0.25, 0.3) is 0 Å². The quantitative estimate of drug-likeness (QED) is 0.440. The maximum absolute atomic E-state index is 14.2. The summed E-state index contributed by atoms with van der Waals surface area (Å²) >= 11 is 5.63. The second-order valence-electron chi connectivity index (χ2n) is 7.89. The van der Waals surface area contributed by atoms with E-state index in [1.54, 1.807) is 20.0 Å². The van der Waals surface area contributed by atoms with Crippen LogP contribution in [-0.4, -0.2) is 40.4 Å². The second kappa shape index (κ2) is 12.0. The number of hydrogen-bond acceptors (Lipinski definition) is 5. The summed E-state index contributed by atoms with van der Waals surface area (Å²) in [4.78, 5) is 13.9. The Kier molecular flexibility index (Phi) is 10.3. The van der Waals surface area contributed by atoms with Crippen LogP contribution in [0.2, 0.25) is 5.02 Å². The number of carbonyl (C=O) groups is 1. The number of rotatable bonds is 7. The number of hydrogen-bond donors (Lipinski definition) is 4. The van der Waals surface area contributed by atoms with Crippen molar-refractivity contribution in [1.82, 2.24) is 10.3 Å². The highest BCUT2D eigenvalue weighted by Crippen LogP contribution is 2.27. The molecule has 1 aromatic heterocycles. The number of alkyl halides is 1. The molecule has 2 rings (SSSR count). The summed E-state index contributed by atoms with van der Waals surface area (Å²) in [5.74, 6) is -1.55. The number of carbonyl (C=O) groups excluding carboxylic acids is 1. The number of aromatic nitrogens is 1. The van der Waals surface area contributed by atoms with Gasteiger partial charge in [-0.25, -0.2) is 18.2 Å². The number of aliphatic hydroxyl groups excluding tert-OH is 2. The molecule has 0 aliphatic carbocycles. The number of amides is 1. The van der Waals surface area contributed by atoms with Crippen molar-refractivity contribution < 1.29 is 28.2 Å². The number of anilines is 1. The molecule has 0 bridgehead atoms. The minimum atomic E-state index is -1.59. The smallest absolute Gasteiger partial charge is 0.216 e. The normalized spacial score (nSPS) is 12.8. The monoisotopic (exact) mass is 487 g/mol. The summed E-state index contributed by atoms with van der Waals surface area (Å²) in [6.07, 6.45) is -3.26. The fourth-order valence-electron chi connectivity index (χ4n) is 2.60. The molecule has 1 aromatic carbocycles. The topological polar surface area (TPSA) is 94.5 Å². The van der Waals surface area contributed by atoms with Crippen LogP contribution in [0.15, 0.2) is 36.5 Å². The number of benzene rings is 1. The van der Waals surface area contributed by atoms with E-state index in [0.717, 1.165) is 6.07 Å². The standard InChI is InChI=1S/C20H22ClF3N2O2.C3H7NO/c1-10-5-13(20(3,4)24)8-18(25-10)26-11(2)19(28)17(27)7-12-6-14(21)16(23)9-15(12)22;1-3(5)4-2/h5-6,8-9,17,19,27-28H,2,7H2,1,3-4H3,(H,25,26);1-2H3,(H,4,5). The van der Waals surface area contributed by atoms with Crippen LogP contribution >= 0.6 is 11.6 Å². The van der Waals surface area contributed by atoms with Gasteiger partial charge in [-0.05, 0) is 50.1 Å². The third-order valence-corrected chi connectivity index (χ3v) is 4.81. The number of nitrogens with one attached hydrogen (secondary N) is 2. The molecule has 0 saturated heterocycles. The van der Waals surface area contributed by atoms with Gasteiger partial charge in [-0.2, -0.15) is 0 Å². The molecule has 33 heavy (non-hydrogen) atoms. The Balaban J connectivity index is 0.000000981. The fraction of sp³-hybridized carbons (Fsp3) is 0.391. The van der Waals surface area contributed by atoms with E-state index in [-0.39, 0.29) is 34.4 Å². The van der Waals surface area contributed by atoms with Crippen molar-refractivity contribution in [1.29, 1.82) is 0 Å². The zero-order valence-corrected chi connectivity index (χ0v) is 19.9. The first-order valence-electron chi connectivity index (χ1n) is 9.97. The Hall–Kier alpha value is -2.62. The van der Waals surface area contributed by atoms with Crippen LogP contribution in [0.4, 0.5) is 19.0 Å². The number of pyridine rings is 1. The Morgan fingerprint density at radius 1 is 1.21 bits per heavy atom. The maximum Gasteiger partial charge on any atom is 0.216 e. The van der Waals surface area contributed by atoms with Gasteiger partial charge in [-0.15, -0.1) is 0 Å². The molecule has 0 fully saturated rings. The van der Waals surface area contributed by atoms with Crippen molar-refractivity contribution in [2.45, 2.75) is 52.0 Å². The van der Waals surface area contributed by atoms with Crippen LogP contribution in [0.5, 0.6) is 0 Å². The molecule has 2 aromatic rings. The average Bonchev–Trinajstić information content (AvgIpc) is 2.70. The Morgan fingerprint density at radius 3 is 2.30 bits per heavy atom. The number of aliphatic hydroxyl groups is 2. The Bertz CT molecular complexity index is 997. The molecular weight excluding hydrogens is 459 g/mol. The average molecular weight is 488 g/mol. The van der Waals surface area contributed by atoms with Gasteiger partial charge in [0.15, 0.2) is 0 Å².